The highest BCUT2D eigenvalue weighted by molar-refractivity contribution is 6.07. The third-order valence-corrected chi connectivity index (χ3v) is 8.67. The van der Waals surface area contributed by atoms with Gasteiger partial charge >= 0.3 is 0 Å². The monoisotopic (exact) mass is 663 g/mol. The fourth-order valence-corrected chi connectivity index (χ4v) is 5.94. The molecule has 3 amide bonds. The van der Waals surface area contributed by atoms with Crippen LogP contribution in [0.2, 0.25) is 0 Å². The van der Waals surface area contributed by atoms with E-state index in [1.54, 1.807) is 91.7 Å². The Balaban J connectivity index is 1.33. The number of methoxy groups -OCH3 is 2. The lowest BCUT2D eigenvalue weighted by atomic mass is 9.83. The summed E-state index contributed by atoms with van der Waals surface area (Å²) < 4.78 is 10.6. The lowest BCUT2D eigenvalue weighted by molar-refractivity contribution is -0.139. The SMILES string of the molecule is COc1ccc(C(=O)Nc2cccc(CN3C(=O)[C@](O)([C@H](C)/C=C/CC(=O)N(CCO)Cc4ccccc4)c4cc(OC)ccc43)c2)cc1. The van der Waals surface area contributed by atoms with E-state index in [9.17, 15) is 24.6 Å². The normalized spacial score (nSPS) is 15.9. The van der Waals surface area contributed by atoms with Crippen molar-refractivity contribution in [3.8, 4) is 11.5 Å². The van der Waals surface area contributed by atoms with Crippen LogP contribution in [0.15, 0.2) is 109 Å². The number of anilines is 2. The van der Waals surface area contributed by atoms with Gasteiger partial charge in [-0.05, 0) is 65.7 Å². The molecule has 0 bridgehead atoms. The lowest BCUT2D eigenvalue weighted by Gasteiger charge is -2.28. The number of fused-ring (bicyclic) bond motifs is 1. The highest BCUT2D eigenvalue weighted by atomic mass is 16.5. The van der Waals surface area contributed by atoms with Crippen LogP contribution >= 0.6 is 0 Å². The number of carbonyl (C=O) groups is 3. The Morgan fingerprint density at radius 1 is 0.918 bits per heavy atom. The van der Waals surface area contributed by atoms with Crippen LogP contribution in [0.5, 0.6) is 11.5 Å². The van der Waals surface area contributed by atoms with Gasteiger partial charge in [0.1, 0.15) is 11.5 Å². The Bertz CT molecular complexity index is 1810. The molecule has 4 aromatic carbocycles. The van der Waals surface area contributed by atoms with Crippen molar-refractivity contribution in [3.63, 3.8) is 0 Å². The van der Waals surface area contributed by atoms with Crippen LogP contribution in [0.1, 0.15) is 40.4 Å². The second kappa shape index (κ2) is 15.6. The molecular weight excluding hydrogens is 622 g/mol. The molecule has 1 aliphatic rings. The van der Waals surface area contributed by atoms with Crippen molar-refractivity contribution < 1.29 is 34.1 Å². The topological polar surface area (TPSA) is 129 Å². The molecule has 0 aromatic heterocycles. The molecule has 0 aliphatic carbocycles. The standard InChI is InChI=1S/C39H41N3O7/c1-27(9-7-14-36(44)41(21-22-43)25-28-10-5-4-6-11-28)39(47)34-24-33(49-3)19-20-35(34)42(38(39)46)26-29-12-8-13-31(23-29)40-37(45)30-15-17-32(48-2)18-16-30/h4-13,15-20,23-24,27,43,47H,14,21-22,25-26H2,1-3H3,(H,40,45)/b9-7+/t27-,39+/m1/s1. The summed E-state index contributed by atoms with van der Waals surface area (Å²) in [6.45, 7) is 2.25. The summed E-state index contributed by atoms with van der Waals surface area (Å²) >= 11 is 0. The van der Waals surface area contributed by atoms with Gasteiger partial charge in [0.05, 0.1) is 33.1 Å². The smallest absolute Gasteiger partial charge is 0.264 e. The van der Waals surface area contributed by atoms with E-state index in [0.717, 1.165) is 11.1 Å². The molecule has 49 heavy (non-hydrogen) atoms. The van der Waals surface area contributed by atoms with Crippen LogP contribution in [0.4, 0.5) is 11.4 Å². The maximum absolute atomic E-state index is 14.1. The Hall–Kier alpha value is -5.45. The van der Waals surface area contributed by atoms with Crippen LogP contribution in [0.3, 0.4) is 0 Å². The van der Waals surface area contributed by atoms with Crippen LogP contribution < -0.4 is 19.7 Å². The molecule has 0 fully saturated rings. The van der Waals surface area contributed by atoms with Gasteiger partial charge in [0, 0.05) is 42.2 Å². The molecule has 0 saturated heterocycles. The number of hydrogen-bond acceptors (Lipinski definition) is 7. The van der Waals surface area contributed by atoms with E-state index >= 15 is 0 Å². The summed E-state index contributed by atoms with van der Waals surface area (Å²) in [6.07, 6.45) is 3.37. The van der Waals surface area contributed by atoms with E-state index < -0.39 is 17.4 Å². The largest absolute Gasteiger partial charge is 0.497 e. The first kappa shape index (κ1) is 34.9. The van der Waals surface area contributed by atoms with Crippen molar-refractivity contribution in [2.45, 2.75) is 32.0 Å². The van der Waals surface area contributed by atoms with Crippen molar-refractivity contribution in [2.75, 3.05) is 37.6 Å². The summed E-state index contributed by atoms with van der Waals surface area (Å²) in [6, 6.07) is 28.6. The van der Waals surface area contributed by atoms with E-state index in [4.69, 9.17) is 9.47 Å². The fraction of sp³-hybridized carbons (Fsp3) is 0.256. The number of benzene rings is 4. The third-order valence-electron chi connectivity index (χ3n) is 8.67. The van der Waals surface area contributed by atoms with Crippen molar-refractivity contribution in [2.24, 2.45) is 5.92 Å². The van der Waals surface area contributed by atoms with E-state index in [2.05, 4.69) is 5.32 Å². The summed E-state index contributed by atoms with van der Waals surface area (Å²) in [5, 5.41) is 24.6. The summed E-state index contributed by atoms with van der Waals surface area (Å²) in [7, 11) is 3.08. The molecule has 1 aliphatic heterocycles. The maximum atomic E-state index is 14.1. The molecule has 0 saturated carbocycles. The van der Waals surface area contributed by atoms with Crippen molar-refractivity contribution in [1.82, 2.24) is 4.90 Å². The second-order valence-electron chi connectivity index (χ2n) is 11.9. The van der Waals surface area contributed by atoms with Crippen LogP contribution in [0.25, 0.3) is 0 Å². The Morgan fingerprint density at radius 3 is 2.31 bits per heavy atom. The van der Waals surface area contributed by atoms with Gasteiger partial charge in [-0.15, -0.1) is 0 Å². The first-order chi connectivity index (χ1) is 23.7. The zero-order chi connectivity index (χ0) is 35.0. The van der Waals surface area contributed by atoms with E-state index in [1.165, 1.54) is 12.0 Å². The van der Waals surface area contributed by atoms with Crippen LogP contribution in [0, 0.1) is 5.92 Å². The minimum atomic E-state index is -1.93. The van der Waals surface area contributed by atoms with Crippen molar-refractivity contribution in [1.29, 1.82) is 0 Å². The first-order valence-corrected chi connectivity index (χ1v) is 16.0. The molecule has 10 nitrogen and oxygen atoms in total. The second-order valence-corrected chi connectivity index (χ2v) is 11.9. The average Bonchev–Trinajstić information content (AvgIpc) is 3.33. The van der Waals surface area contributed by atoms with E-state index in [1.807, 2.05) is 36.4 Å². The molecule has 0 spiro atoms. The predicted octanol–water partition coefficient (Wildman–Crippen LogP) is 5.29. The van der Waals surface area contributed by atoms with Crippen LogP contribution in [-0.2, 0) is 28.3 Å². The number of aliphatic hydroxyl groups is 2. The molecule has 3 N–H and O–H groups in total. The van der Waals surface area contributed by atoms with E-state index in [-0.39, 0.29) is 37.9 Å². The zero-order valence-corrected chi connectivity index (χ0v) is 27.8. The van der Waals surface area contributed by atoms with Gasteiger partial charge in [0.15, 0.2) is 5.60 Å². The minimum absolute atomic E-state index is 0.0329. The lowest BCUT2D eigenvalue weighted by Crippen LogP contribution is -2.44. The number of aliphatic hydroxyl groups excluding tert-OH is 1. The molecule has 5 rings (SSSR count). The predicted molar refractivity (Wildman–Crippen MR) is 187 cm³/mol. The Kier molecular flexibility index (Phi) is 11.1. The highest BCUT2D eigenvalue weighted by Gasteiger charge is 2.52. The molecule has 254 valence electrons. The average molecular weight is 664 g/mol. The summed E-state index contributed by atoms with van der Waals surface area (Å²) in [4.78, 5) is 43.2. The van der Waals surface area contributed by atoms with Gasteiger partial charge in [-0.1, -0.05) is 61.5 Å². The van der Waals surface area contributed by atoms with E-state index in [0.29, 0.717) is 40.5 Å². The highest BCUT2D eigenvalue weighted by Crippen LogP contribution is 2.47. The van der Waals surface area contributed by atoms with Gasteiger partial charge < -0.3 is 34.8 Å². The zero-order valence-electron chi connectivity index (χ0n) is 27.8. The number of hydrogen-bond donors (Lipinski definition) is 3. The molecule has 0 radical (unpaired) electrons. The molecular formula is C39H41N3O7. The van der Waals surface area contributed by atoms with Crippen molar-refractivity contribution in [3.05, 3.63) is 131 Å². The molecule has 1 heterocycles. The molecule has 2 atom stereocenters. The summed E-state index contributed by atoms with van der Waals surface area (Å²) in [5.74, 6) is -0.566. The van der Waals surface area contributed by atoms with Gasteiger partial charge in [-0.2, -0.15) is 0 Å². The number of amides is 3. The molecule has 0 unspecified atom stereocenters. The maximum Gasteiger partial charge on any atom is 0.264 e. The number of rotatable bonds is 14. The quantitative estimate of drug-likeness (QED) is 0.156. The number of carbonyl (C=O) groups excluding carboxylic acids is 3. The first-order valence-electron chi connectivity index (χ1n) is 16.0. The number of ether oxygens (including phenoxy) is 2. The Morgan fingerprint density at radius 2 is 1.61 bits per heavy atom. The van der Waals surface area contributed by atoms with Gasteiger partial charge in [-0.25, -0.2) is 0 Å². The van der Waals surface area contributed by atoms with Gasteiger partial charge in [-0.3, -0.25) is 14.4 Å². The van der Waals surface area contributed by atoms with Gasteiger partial charge in [0.2, 0.25) is 5.91 Å². The van der Waals surface area contributed by atoms with Crippen molar-refractivity contribution >= 4 is 29.1 Å². The Labute approximate surface area is 286 Å². The number of nitrogens with zero attached hydrogens (tertiary/aromatic N) is 2. The molecule has 10 heteroatoms. The molecule has 4 aromatic rings. The number of nitrogens with one attached hydrogen (secondary N) is 1. The van der Waals surface area contributed by atoms with Crippen LogP contribution in [-0.4, -0.2) is 60.2 Å². The fourth-order valence-electron chi connectivity index (χ4n) is 5.94. The van der Waals surface area contributed by atoms with Gasteiger partial charge in [0.25, 0.3) is 11.8 Å². The minimum Gasteiger partial charge on any atom is -0.497 e. The third kappa shape index (κ3) is 7.83. The summed E-state index contributed by atoms with van der Waals surface area (Å²) in [5.41, 5.74) is 1.71.